The molecular weight excluding hydrogens is 466 g/mol. The summed E-state index contributed by atoms with van der Waals surface area (Å²) in [5.74, 6) is 7.53. The van der Waals surface area contributed by atoms with Crippen molar-refractivity contribution in [3.05, 3.63) is 92.9 Å². The van der Waals surface area contributed by atoms with E-state index < -0.39 is 0 Å². The van der Waals surface area contributed by atoms with Crippen LogP contribution in [0.1, 0.15) is 39.0 Å². The number of carbonyl (C=O) groups excluding carboxylic acids is 1. The summed E-state index contributed by atoms with van der Waals surface area (Å²) in [6, 6.07) is 18.0. The second kappa shape index (κ2) is 10.8. The molecule has 176 valence electrons. The molecule has 0 saturated heterocycles. The summed E-state index contributed by atoms with van der Waals surface area (Å²) < 4.78 is 7.31. The van der Waals surface area contributed by atoms with E-state index in [1.807, 2.05) is 68.6 Å². The lowest BCUT2D eigenvalue weighted by molar-refractivity contribution is -0.119. The number of hydrogen-bond acceptors (Lipinski definition) is 7. The first-order chi connectivity index (χ1) is 16.4. The highest BCUT2D eigenvalue weighted by Crippen LogP contribution is 2.27. The molecule has 0 bridgehead atoms. The molecular formula is C25H27N5O2S2. The van der Waals surface area contributed by atoms with Gasteiger partial charge < -0.3 is 15.9 Å². The Morgan fingerprint density at radius 2 is 1.82 bits per heavy atom. The molecule has 34 heavy (non-hydrogen) atoms. The van der Waals surface area contributed by atoms with E-state index in [4.69, 9.17) is 10.6 Å². The molecule has 2 aromatic carbocycles. The van der Waals surface area contributed by atoms with Gasteiger partial charge in [-0.05, 0) is 48.9 Å². The summed E-state index contributed by atoms with van der Waals surface area (Å²) in [6.07, 6.45) is 0. The Balaban J connectivity index is 1.38. The van der Waals surface area contributed by atoms with Crippen LogP contribution in [0.15, 0.2) is 65.1 Å². The van der Waals surface area contributed by atoms with Gasteiger partial charge in [0.2, 0.25) is 11.1 Å². The Morgan fingerprint density at radius 1 is 1.09 bits per heavy atom. The monoisotopic (exact) mass is 493 g/mol. The minimum atomic E-state index is -0.203. The molecule has 7 nitrogen and oxygen atoms in total. The summed E-state index contributed by atoms with van der Waals surface area (Å²) >= 11 is 2.86. The van der Waals surface area contributed by atoms with Crippen molar-refractivity contribution in [2.45, 2.75) is 38.6 Å². The first kappa shape index (κ1) is 23.8. The Labute approximate surface area is 207 Å². The van der Waals surface area contributed by atoms with Crippen LogP contribution in [0.5, 0.6) is 5.75 Å². The van der Waals surface area contributed by atoms with Gasteiger partial charge in [-0.15, -0.1) is 21.5 Å². The Hall–Kier alpha value is -3.30. The van der Waals surface area contributed by atoms with E-state index in [1.54, 1.807) is 11.3 Å². The second-order valence-electron chi connectivity index (χ2n) is 7.99. The SMILES string of the molecule is Cc1ccc(C(NC(=O)CSc2nnc(COc3c(C)cccc3C)n2N)c2cccs2)cc1. The van der Waals surface area contributed by atoms with Crippen molar-refractivity contribution >= 4 is 29.0 Å². The predicted octanol–water partition coefficient (Wildman–Crippen LogP) is 4.56. The highest BCUT2D eigenvalue weighted by atomic mass is 32.2. The molecule has 1 unspecified atom stereocenters. The maximum absolute atomic E-state index is 12.8. The van der Waals surface area contributed by atoms with Gasteiger partial charge in [0.15, 0.2) is 5.82 Å². The van der Waals surface area contributed by atoms with Crippen LogP contribution >= 0.6 is 23.1 Å². The first-order valence-corrected chi connectivity index (χ1v) is 12.7. The van der Waals surface area contributed by atoms with Gasteiger partial charge in [0.1, 0.15) is 12.4 Å². The Kier molecular flexibility index (Phi) is 7.54. The first-order valence-electron chi connectivity index (χ1n) is 10.8. The number of rotatable bonds is 9. The van der Waals surface area contributed by atoms with Gasteiger partial charge in [0, 0.05) is 4.88 Å². The number of amides is 1. The molecule has 2 aromatic heterocycles. The van der Waals surface area contributed by atoms with Crippen molar-refractivity contribution in [2.75, 3.05) is 11.6 Å². The summed E-state index contributed by atoms with van der Waals surface area (Å²) in [5.41, 5.74) is 4.31. The van der Waals surface area contributed by atoms with E-state index in [2.05, 4.69) is 27.6 Å². The van der Waals surface area contributed by atoms with Gasteiger partial charge in [-0.25, -0.2) is 4.68 Å². The minimum absolute atomic E-state index is 0.111. The van der Waals surface area contributed by atoms with E-state index >= 15 is 0 Å². The van der Waals surface area contributed by atoms with Crippen LogP contribution in [0.25, 0.3) is 0 Å². The fraction of sp³-hybridized carbons (Fsp3) is 0.240. The van der Waals surface area contributed by atoms with Crippen LogP contribution in [-0.4, -0.2) is 26.5 Å². The quantitative estimate of drug-likeness (QED) is 0.262. The van der Waals surface area contributed by atoms with E-state index in [9.17, 15) is 4.79 Å². The summed E-state index contributed by atoms with van der Waals surface area (Å²) in [5, 5.41) is 13.9. The maximum atomic E-state index is 12.8. The van der Waals surface area contributed by atoms with E-state index in [1.165, 1.54) is 22.0 Å². The van der Waals surface area contributed by atoms with Crippen molar-refractivity contribution in [2.24, 2.45) is 0 Å². The number of aryl methyl sites for hydroxylation is 3. The smallest absolute Gasteiger partial charge is 0.231 e. The van der Waals surface area contributed by atoms with E-state index in [0.717, 1.165) is 27.3 Å². The third-order valence-corrected chi connectivity index (χ3v) is 7.25. The van der Waals surface area contributed by atoms with E-state index in [-0.39, 0.29) is 24.3 Å². The van der Waals surface area contributed by atoms with Crippen molar-refractivity contribution < 1.29 is 9.53 Å². The van der Waals surface area contributed by atoms with Gasteiger partial charge in [-0.1, -0.05) is 65.9 Å². The molecule has 0 aliphatic heterocycles. The average Bonchev–Trinajstić information content (AvgIpc) is 3.47. The summed E-state index contributed by atoms with van der Waals surface area (Å²) in [7, 11) is 0. The number of carbonyl (C=O) groups is 1. The molecule has 4 rings (SSSR count). The third-order valence-electron chi connectivity index (χ3n) is 5.37. The fourth-order valence-electron chi connectivity index (χ4n) is 3.53. The van der Waals surface area contributed by atoms with Crippen LogP contribution in [0.2, 0.25) is 0 Å². The molecule has 3 N–H and O–H groups in total. The zero-order chi connectivity index (χ0) is 24.1. The zero-order valence-corrected chi connectivity index (χ0v) is 21.0. The fourth-order valence-corrected chi connectivity index (χ4v) is 5.02. The standard InChI is InChI=1S/C25H27N5O2S2/c1-16-9-11-19(12-10-16)23(20-8-5-13-33-20)27-22(31)15-34-25-29-28-21(30(25)26)14-32-24-17(2)6-4-7-18(24)3/h4-13,23H,14-15,26H2,1-3H3,(H,27,31). The number of aromatic nitrogens is 3. The number of thiophene rings is 1. The Morgan fingerprint density at radius 3 is 2.50 bits per heavy atom. The number of nitrogen functional groups attached to an aromatic ring is 1. The lowest BCUT2D eigenvalue weighted by atomic mass is 10.0. The number of nitrogens with two attached hydrogens (primary N) is 1. The average molecular weight is 494 g/mol. The van der Waals surface area contributed by atoms with Crippen LogP contribution in [0.3, 0.4) is 0 Å². The van der Waals surface area contributed by atoms with Gasteiger partial charge in [-0.2, -0.15) is 0 Å². The second-order valence-corrected chi connectivity index (χ2v) is 9.92. The molecule has 0 spiro atoms. The van der Waals surface area contributed by atoms with Crippen molar-refractivity contribution in [1.82, 2.24) is 20.2 Å². The van der Waals surface area contributed by atoms with E-state index in [0.29, 0.717) is 11.0 Å². The highest BCUT2D eigenvalue weighted by Gasteiger charge is 2.19. The molecule has 9 heteroatoms. The Bertz CT molecular complexity index is 1230. The number of para-hydroxylation sites is 1. The molecule has 0 fully saturated rings. The number of nitrogens with zero attached hydrogens (tertiary/aromatic N) is 3. The van der Waals surface area contributed by atoms with Crippen LogP contribution in [-0.2, 0) is 11.4 Å². The van der Waals surface area contributed by atoms with Crippen LogP contribution < -0.4 is 15.9 Å². The largest absolute Gasteiger partial charge is 0.485 e. The molecule has 0 saturated carbocycles. The number of hydrogen-bond donors (Lipinski definition) is 2. The predicted molar refractivity (Wildman–Crippen MR) is 137 cm³/mol. The lowest BCUT2D eigenvalue weighted by Crippen LogP contribution is -2.30. The number of ether oxygens (including phenoxy) is 1. The van der Waals surface area contributed by atoms with Gasteiger partial charge >= 0.3 is 0 Å². The molecule has 4 aromatic rings. The topological polar surface area (TPSA) is 95.1 Å². The molecule has 1 atom stereocenters. The molecule has 0 aliphatic rings. The summed E-state index contributed by atoms with van der Waals surface area (Å²) in [6.45, 7) is 6.23. The molecule has 0 aliphatic carbocycles. The normalized spacial score (nSPS) is 11.9. The summed E-state index contributed by atoms with van der Waals surface area (Å²) in [4.78, 5) is 13.9. The minimum Gasteiger partial charge on any atom is -0.485 e. The number of benzene rings is 2. The highest BCUT2D eigenvalue weighted by molar-refractivity contribution is 7.99. The van der Waals surface area contributed by atoms with Gasteiger partial charge in [0.25, 0.3) is 0 Å². The maximum Gasteiger partial charge on any atom is 0.231 e. The van der Waals surface area contributed by atoms with Crippen molar-refractivity contribution in [1.29, 1.82) is 0 Å². The van der Waals surface area contributed by atoms with Crippen molar-refractivity contribution in [3.8, 4) is 5.75 Å². The van der Waals surface area contributed by atoms with Gasteiger partial charge in [0.05, 0.1) is 11.8 Å². The number of thioether (sulfide) groups is 1. The number of nitrogens with one attached hydrogen (secondary N) is 1. The molecule has 2 heterocycles. The molecule has 1 amide bonds. The van der Waals surface area contributed by atoms with Crippen LogP contribution in [0, 0.1) is 20.8 Å². The van der Waals surface area contributed by atoms with Crippen LogP contribution in [0.4, 0.5) is 0 Å². The van der Waals surface area contributed by atoms with Gasteiger partial charge in [-0.3, -0.25) is 4.79 Å². The lowest BCUT2D eigenvalue weighted by Gasteiger charge is -2.18. The molecule has 0 radical (unpaired) electrons. The van der Waals surface area contributed by atoms with Crippen molar-refractivity contribution in [3.63, 3.8) is 0 Å². The zero-order valence-electron chi connectivity index (χ0n) is 19.3. The third kappa shape index (κ3) is 5.60.